The Morgan fingerprint density at radius 3 is 2.61 bits per heavy atom. The van der Waals surface area contributed by atoms with Crippen molar-refractivity contribution in [3.05, 3.63) is 6.33 Å². The smallest absolute Gasteiger partial charge is 0.260 e. The number of sulfonamides is 1. The molecule has 0 aromatic carbocycles. The molecule has 2 rings (SSSR count). The topological polar surface area (TPSA) is 99.2 Å². The first-order valence-corrected chi connectivity index (χ1v) is 7.21. The molecule has 0 radical (unpaired) electrons. The van der Waals surface area contributed by atoms with Crippen LogP contribution in [0.2, 0.25) is 0 Å². The molecule has 18 heavy (non-hydrogen) atoms. The molecule has 0 amide bonds. The van der Waals surface area contributed by atoms with Crippen molar-refractivity contribution in [1.29, 1.82) is 0 Å². The molecule has 0 atom stereocenters. The molecule has 8 heteroatoms. The van der Waals surface area contributed by atoms with Gasteiger partial charge in [0.15, 0.2) is 10.8 Å². The molecule has 102 valence electrons. The predicted octanol–water partition coefficient (Wildman–Crippen LogP) is -0.150. The highest BCUT2D eigenvalue weighted by atomic mass is 32.2. The predicted molar refractivity (Wildman–Crippen MR) is 66.4 cm³/mol. The highest BCUT2D eigenvalue weighted by Crippen LogP contribution is 2.24. The lowest BCUT2D eigenvalue weighted by molar-refractivity contribution is 0.0537. The van der Waals surface area contributed by atoms with Crippen LogP contribution in [0.25, 0.3) is 0 Å². The Bertz CT molecular complexity index is 512. The molecule has 0 saturated carbocycles. The Morgan fingerprint density at radius 2 is 2.11 bits per heavy atom. The lowest BCUT2D eigenvalue weighted by Crippen LogP contribution is -2.49. The largest absolute Gasteiger partial charge is 0.381 e. The molecule has 0 aliphatic carbocycles. The maximum Gasteiger partial charge on any atom is 0.260 e. The normalized spacial score (nSPS) is 19.9. The number of rotatable bonds is 3. The number of hydrogen-bond acceptors (Lipinski definition) is 5. The third-order valence-electron chi connectivity index (χ3n) is 3.14. The van der Waals surface area contributed by atoms with E-state index in [4.69, 9.17) is 10.5 Å². The van der Waals surface area contributed by atoms with Gasteiger partial charge in [-0.1, -0.05) is 0 Å². The first-order chi connectivity index (χ1) is 8.34. The zero-order valence-electron chi connectivity index (χ0n) is 10.5. The molecule has 7 nitrogen and oxygen atoms in total. The van der Waals surface area contributed by atoms with E-state index in [9.17, 15) is 8.42 Å². The van der Waals surface area contributed by atoms with Crippen LogP contribution in [-0.2, 0) is 21.8 Å². The average Bonchev–Trinajstić information content (AvgIpc) is 2.58. The van der Waals surface area contributed by atoms with Gasteiger partial charge in [0.1, 0.15) is 0 Å². The third-order valence-corrected chi connectivity index (χ3v) is 4.91. The zero-order valence-corrected chi connectivity index (χ0v) is 11.3. The number of aryl methyl sites for hydroxylation is 1. The van der Waals surface area contributed by atoms with Crippen molar-refractivity contribution in [3.63, 3.8) is 0 Å². The van der Waals surface area contributed by atoms with Gasteiger partial charge in [0.05, 0.1) is 6.33 Å². The number of nitrogens with zero attached hydrogens (tertiary/aromatic N) is 2. The van der Waals surface area contributed by atoms with E-state index in [0.29, 0.717) is 26.1 Å². The fourth-order valence-corrected chi connectivity index (χ4v) is 3.76. The van der Waals surface area contributed by atoms with Gasteiger partial charge in [0.2, 0.25) is 0 Å². The van der Waals surface area contributed by atoms with E-state index in [2.05, 4.69) is 9.71 Å². The minimum absolute atomic E-state index is 0.00946. The van der Waals surface area contributed by atoms with Crippen molar-refractivity contribution >= 4 is 15.8 Å². The van der Waals surface area contributed by atoms with Gasteiger partial charge in [-0.05, 0) is 19.8 Å². The Balaban J connectivity index is 2.27. The molecule has 1 aromatic rings. The number of imidazole rings is 1. The molecular weight excluding hydrogens is 256 g/mol. The van der Waals surface area contributed by atoms with Crippen molar-refractivity contribution in [3.8, 4) is 0 Å². The number of aromatic nitrogens is 2. The van der Waals surface area contributed by atoms with Crippen LogP contribution in [0, 0.1) is 0 Å². The van der Waals surface area contributed by atoms with Crippen molar-refractivity contribution < 1.29 is 13.2 Å². The van der Waals surface area contributed by atoms with Crippen molar-refractivity contribution in [2.75, 3.05) is 18.9 Å². The Morgan fingerprint density at radius 1 is 1.50 bits per heavy atom. The third kappa shape index (κ3) is 2.50. The minimum atomic E-state index is -3.67. The first kappa shape index (κ1) is 13.3. The number of ether oxygens (including phenoxy) is 1. The molecule has 1 saturated heterocycles. The van der Waals surface area contributed by atoms with Gasteiger partial charge < -0.3 is 15.0 Å². The second-order valence-corrected chi connectivity index (χ2v) is 6.42. The minimum Gasteiger partial charge on any atom is -0.381 e. The summed E-state index contributed by atoms with van der Waals surface area (Å²) in [6.45, 7) is 2.99. The summed E-state index contributed by atoms with van der Waals surface area (Å²) < 4.78 is 34.0. The molecule has 0 bridgehead atoms. The Kier molecular flexibility index (Phi) is 3.35. The molecule has 2 heterocycles. The van der Waals surface area contributed by atoms with Gasteiger partial charge in [0.25, 0.3) is 10.0 Å². The van der Waals surface area contributed by atoms with Crippen LogP contribution in [0.1, 0.15) is 19.8 Å². The van der Waals surface area contributed by atoms with Crippen molar-refractivity contribution in [2.45, 2.75) is 30.3 Å². The lowest BCUT2D eigenvalue weighted by Gasteiger charge is -2.33. The van der Waals surface area contributed by atoms with Crippen LogP contribution in [0.5, 0.6) is 0 Å². The lowest BCUT2D eigenvalue weighted by atomic mass is 9.94. The second-order valence-electron chi connectivity index (χ2n) is 4.82. The summed E-state index contributed by atoms with van der Waals surface area (Å²) in [5, 5.41) is 0.00946. The quantitative estimate of drug-likeness (QED) is 0.798. The van der Waals surface area contributed by atoms with Crippen LogP contribution in [0.15, 0.2) is 11.4 Å². The summed E-state index contributed by atoms with van der Waals surface area (Å²) >= 11 is 0. The van der Waals surface area contributed by atoms with Crippen LogP contribution in [-0.4, -0.2) is 36.7 Å². The summed E-state index contributed by atoms with van der Waals surface area (Å²) in [6.07, 6.45) is 2.67. The number of nitrogens with two attached hydrogens (primary N) is 1. The van der Waals surface area contributed by atoms with Gasteiger partial charge in [0, 0.05) is 25.8 Å². The summed E-state index contributed by atoms with van der Waals surface area (Å²) in [7, 11) is -2.07. The van der Waals surface area contributed by atoms with Gasteiger partial charge >= 0.3 is 0 Å². The zero-order chi connectivity index (χ0) is 13.4. The molecule has 0 spiro atoms. The second kappa shape index (κ2) is 4.52. The Labute approximate surface area is 106 Å². The molecule has 1 aliphatic rings. The van der Waals surface area contributed by atoms with E-state index in [-0.39, 0.29) is 10.8 Å². The number of nitrogens with one attached hydrogen (secondary N) is 1. The molecule has 3 N–H and O–H groups in total. The van der Waals surface area contributed by atoms with Crippen LogP contribution >= 0.6 is 0 Å². The molecule has 1 fully saturated rings. The molecule has 1 aromatic heterocycles. The van der Waals surface area contributed by atoms with Crippen molar-refractivity contribution in [2.24, 2.45) is 7.05 Å². The number of nitrogen functional groups attached to an aromatic ring is 1. The van der Waals surface area contributed by atoms with E-state index in [0.717, 1.165) is 0 Å². The summed E-state index contributed by atoms with van der Waals surface area (Å²) in [5.74, 6) is 0.0145. The van der Waals surface area contributed by atoms with E-state index in [1.54, 1.807) is 7.05 Å². The highest BCUT2D eigenvalue weighted by molar-refractivity contribution is 7.89. The maximum atomic E-state index is 12.3. The Hall–Kier alpha value is -1.12. The van der Waals surface area contributed by atoms with Crippen molar-refractivity contribution in [1.82, 2.24) is 14.3 Å². The van der Waals surface area contributed by atoms with Crippen LogP contribution < -0.4 is 10.5 Å². The first-order valence-electron chi connectivity index (χ1n) is 5.73. The molecule has 0 unspecified atom stereocenters. The van der Waals surface area contributed by atoms with E-state index in [1.807, 2.05) is 6.92 Å². The number of anilines is 1. The fourth-order valence-electron chi connectivity index (χ4n) is 2.06. The van der Waals surface area contributed by atoms with Crippen LogP contribution in [0.3, 0.4) is 0 Å². The summed E-state index contributed by atoms with van der Waals surface area (Å²) in [6, 6.07) is 0. The fraction of sp³-hybridized carbons (Fsp3) is 0.700. The van der Waals surface area contributed by atoms with Crippen LogP contribution in [0.4, 0.5) is 5.82 Å². The van der Waals surface area contributed by atoms with E-state index in [1.165, 1.54) is 10.9 Å². The van der Waals surface area contributed by atoms with Gasteiger partial charge in [-0.15, -0.1) is 0 Å². The highest BCUT2D eigenvalue weighted by Gasteiger charge is 2.34. The monoisotopic (exact) mass is 274 g/mol. The summed E-state index contributed by atoms with van der Waals surface area (Å²) in [5.41, 5.74) is 5.11. The van der Waals surface area contributed by atoms with E-state index >= 15 is 0 Å². The number of hydrogen-bond donors (Lipinski definition) is 2. The van der Waals surface area contributed by atoms with Gasteiger partial charge in [-0.25, -0.2) is 18.1 Å². The summed E-state index contributed by atoms with van der Waals surface area (Å²) in [4.78, 5) is 3.80. The molecular formula is C10H18N4O3S. The maximum absolute atomic E-state index is 12.3. The van der Waals surface area contributed by atoms with Gasteiger partial charge in [-0.3, -0.25) is 0 Å². The molecule has 1 aliphatic heterocycles. The van der Waals surface area contributed by atoms with E-state index < -0.39 is 15.6 Å². The standard InChI is InChI=1S/C10H18N4O3S/c1-10(3-5-17-6-4-10)13-18(15,16)9-8(11)12-7-14(9)2/h7,13H,3-6,11H2,1-2H3. The average molecular weight is 274 g/mol. The SMILES string of the molecule is Cn1cnc(N)c1S(=O)(=O)NC1(C)CCOCC1. The van der Waals surface area contributed by atoms with Gasteiger partial charge in [-0.2, -0.15) is 0 Å².